The summed E-state index contributed by atoms with van der Waals surface area (Å²) in [5.41, 5.74) is 0.755. The van der Waals surface area contributed by atoms with Gasteiger partial charge in [0.05, 0.1) is 31.4 Å². The third-order valence-corrected chi connectivity index (χ3v) is 4.43. The first kappa shape index (κ1) is 20.0. The number of aliphatic hydroxyl groups is 1. The number of rotatable bonds is 10. The first-order valence-electron chi connectivity index (χ1n) is 9.22. The summed E-state index contributed by atoms with van der Waals surface area (Å²) in [6.45, 7) is 6.60. The van der Waals surface area contributed by atoms with Gasteiger partial charge in [0.25, 0.3) is 0 Å². The van der Waals surface area contributed by atoms with Crippen molar-refractivity contribution in [3.8, 4) is 5.75 Å². The molecule has 2 aromatic rings. The fraction of sp³-hybridized carbons (Fsp3) is 0.476. The lowest BCUT2D eigenvalue weighted by Crippen LogP contribution is -2.33. The van der Waals surface area contributed by atoms with Crippen molar-refractivity contribution in [2.75, 3.05) is 13.2 Å². The predicted molar refractivity (Wildman–Crippen MR) is 101 cm³/mol. The second-order valence-corrected chi connectivity index (χ2v) is 6.75. The fourth-order valence-corrected chi connectivity index (χ4v) is 2.87. The van der Waals surface area contributed by atoms with E-state index in [1.54, 1.807) is 12.3 Å². The Morgan fingerprint density at radius 2 is 1.96 bits per heavy atom. The van der Waals surface area contributed by atoms with Crippen molar-refractivity contribution in [3.05, 3.63) is 54.0 Å². The fourth-order valence-electron chi connectivity index (χ4n) is 2.87. The molecule has 0 aliphatic rings. The molecule has 0 spiro atoms. The lowest BCUT2D eigenvalue weighted by atomic mass is 9.98. The Hall–Kier alpha value is -2.27. The maximum Gasteiger partial charge on any atom is 0.230 e. The van der Waals surface area contributed by atoms with Gasteiger partial charge in [-0.1, -0.05) is 32.4 Å². The van der Waals surface area contributed by atoms with Gasteiger partial charge in [0.15, 0.2) is 0 Å². The molecule has 2 rings (SSSR count). The van der Waals surface area contributed by atoms with Crippen molar-refractivity contribution in [2.45, 2.75) is 45.6 Å². The van der Waals surface area contributed by atoms with Crippen LogP contribution in [0.25, 0.3) is 0 Å². The van der Waals surface area contributed by atoms with E-state index in [4.69, 9.17) is 9.15 Å². The molecular formula is C21H29NO4. The number of ether oxygens (including phenoxy) is 1. The number of amides is 1. The summed E-state index contributed by atoms with van der Waals surface area (Å²) in [5.74, 6) is 1.11. The number of carbonyl (C=O) groups is 1. The van der Waals surface area contributed by atoms with Gasteiger partial charge < -0.3 is 19.6 Å². The van der Waals surface area contributed by atoms with Crippen molar-refractivity contribution in [3.63, 3.8) is 0 Å². The van der Waals surface area contributed by atoms with Crippen LogP contribution in [-0.2, 0) is 4.79 Å². The van der Waals surface area contributed by atoms with Gasteiger partial charge in [-0.25, -0.2) is 0 Å². The third kappa shape index (κ3) is 5.63. The van der Waals surface area contributed by atoms with E-state index in [2.05, 4.69) is 19.2 Å². The van der Waals surface area contributed by atoms with Gasteiger partial charge >= 0.3 is 0 Å². The first-order valence-corrected chi connectivity index (χ1v) is 9.22. The van der Waals surface area contributed by atoms with Crippen LogP contribution in [0.3, 0.4) is 0 Å². The highest BCUT2D eigenvalue weighted by Crippen LogP contribution is 2.22. The molecule has 0 aliphatic heterocycles. The molecule has 3 atom stereocenters. The number of benzene rings is 1. The molecule has 5 heteroatoms. The number of hydrogen-bond donors (Lipinski definition) is 2. The van der Waals surface area contributed by atoms with E-state index in [0.717, 1.165) is 24.2 Å². The Kier molecular flexibility index (Phi) is 7.73. The zero-order valence-corrected chi connectivity index (χ0v) is 15.8. The van der Waals surface area contributed by atoms with Gasteiger partial charge in [-0.05, 0) is 49.1 Å². The summed E-state index contributed by atoms with van der Waals surface area (Å²) < 4.78 is 11.1. The average molecular weight is 359 g/mol. The van der Waals surface area contributed by atoms with E-state index >= 15 is 0 Å². The minimum Gasteiger partial charge on any atom is -0.493 e. The highest BCUT2D eigenvalue weighted by atomic mass is 16.5. The van der Waals surface area contributed by atoms with Crippen molar-refractivity contribution in [1.82, 2.24) is 5.32 Å². The maximum atomic E-state index is 12.5. The van der Waals surface area contributed by atoms with Crippen LogP contribution in [0.1, 0.15) is 56.9 Å². The maximum absolute atomic E-state index is 12.5. The molecule has 1 amide bonds. The standard InChI is InChI=1S/C21H29NO4/c1-4-6-15(2)14-26-18-10-8-17(9-11-18)19(13-23)21(24)22-16(3)20-7-5-12-25-20/h5,7-12,15-16,19,23H,4,6,13-14H2,1-3H3,(H,22,24)/t15?,16-,19-/m1/s1. The Balaban J connectivity index is 1.95. The van der Waals surface area contributed by atoms with Crippen LogP contribution in [0.15, 0.2) is 47.1 Å². The number of carbonyl (C=O) groups excluding carboxylic acids is 1. The van der Waals surface area contributed by atoms with Gasteiger partial charge in [-0.3, -0.25) is 4.79 Å². The van der Waals surface area contributed by atoms with Crippen molar-refractivity contribution in [2.24, 2.45) is 5.92 Å². The number of furan rings is 1. The van der Waals surface area contributed by atoms with Gasteiger partial charge in [0, 0.05) is 0 Å². The lowest BCUT2D eigenvalue weighted by Gasteiger charge is -2.18. The van der Waals surface area contributed by atoms with Crippen LogP contribution in [0.4, 0.5) is 0 Å². The minimum absolute atomic E-state index is 0.235. The largest absolute Gasteiger partial charge is 0.493 e. The van der Waals surface area contributed by atoms with Crippen LogP contribution in [0.5, 0.6) is 5.75 Å². The Bertz CT molecular complexity index is 651. The predicted octanol–water partition coefficient (Wildman–Crippen LogP) is 4.05. The molecule has 0 saturated carbocycles. The molecule has 142 valence electrons. The highest BCUT2D eigenvalue weighted by Gasteiger charge is 2.22. The quantitative estimate of drug-likeness (QED) is 0.671. The molecule has 0 bridgehead atoms. The average Bonchev–Trinajstić information content (AvgIpc) is 3.17. The second kappa shape index (κ2) is 10.0. The van der Waals surface area contributed by atoms with E-state index in [-0.39, 0.29) is 18.6 Å². The van der Waals surface area contributed by atoms with Crippen LogP contribution in [0, 0.1) is 5.92 Å². The van der Waals surface area contributed by atoms with Gasteiger partial charge in [0.2, 0.25) is 5.91 Å². The molecule has 0 radical (unpaired) electrons. The molecule has 1 aromatic heterocycles. The molecule has 1 aromatic carbocycles. The van der Waals surface area contributed by atoms with Gasteiger partial charge in [-0.15, -0.1) is 0 Å². The molecule has 0 saturated heterocycles. The summed E-state index contributed by atoms with van der Waals surface area (Å²) in [6, 6.07) is 10.7. The second-order valence-electron chi connectivity index (χ2n) is 6.75. The molecule has 0 aliphatic carbocycles. The summed E-state index contributed by atoms with van der Waals surface area (Å²) in [4.78, 5) is 12.5. The van der Waals surface area contributed by atoms with Crippen LogP contribution < -0.4 is 10.1 Å². The van der Waals surface area contributed by atoms with Gasteiger partial charge in [-0.2, -0.15) is 0 Å². The van der Waals surface area contributed by atoms with Crippen molar-refractivity contribution in [1.29, 1.82) is 0 Å². The van der Waals surface area contributed by atoms with E-state index in [0.29, 0.717) is 18.3 Å². The minimum atomic E-state index is -0.625. The topological polar surface area (TPSA) is 71.7 Å². The molecule has 1 heterocycles. The number of aliphatic hydroxyl groups excluding tert-OH is 1. The summed E-state index contributed by atoms with van der Waals surface area (Å²) in [7, 11) is 0. The molecule has 0 fully saturated rings. The van der Waals surface area contributed by atoms with Crippen molar-refractivity contribution >= 4 is 5.91 Å². The van der Waals surface area contributed by atoms with Crippen LogP contribution >= 0.6 is 0 Å². The lowest BCUT2D eigenvalue weighted by molar-refractivity contribution is -0.124. The monoisotopic (exact) mass is 359 g/mol. The number of hydrogen-bond acceptors (Lipinski definition) is 4. The Morgan fingerprint density at radius 3 is 2.54 bits per heavy atom. The summed E-state index contributed by atoms with van der Waals surface area (Å²) in [5, 5.41) is 12.6. The molecular weight excluding hydrogens is 330 g/mol. The van der Waals surface area contributed by atoms with Crippen LogP contribution in [-0.4, -0.2) is 24.2 Å². The summed E-state index contributed by atoms with van der Waals surface area (Å²) >= 11 is 0. The normalized spacial score (nSPS) is 14.5. The molecule has 5 nitrogen and oxygen atoms in total. The third-order valence-electron chi connectivity index (χ3n) is 4.43. The zero-order valence-electron chi connectivity index (χ0n) is 15.8. The SMILES string of the molecule is CCCC(C)COc1ccc([C@@H](CO)C(=O)N[C@H](C)c2ccco2)cc1. The molecule has 2 N–H and O–H groups in total. The first-order chi connectivity index (χ1) is 12.5. The number of nitrogens with one attached hydrogen (secondary N) is 1. The van der Waals surface area contributed by atoms with E-state index in [1.807, 2.05) is 37.3 Å². The van der Waals surface area contributed by atoms with E-state index < -0.39 is 5.92 Å². The van der Waals surface area contributed by atoms with E-state index in [9.17, 15) is 9.90 Å². The highest BCUT2D eigenvalue weighted by molar-refractivity contribution is 5.84. The van der Waals surface area contributed by atoms with Gasteiger partial charge in [0.1, 0.15) is 11.5 Å². The zero-order chi connectivity index (χ0) is 18.9. The van der Waals surface area contributed by atoms with E-state index in [1.165, 1.54) is 0 Å². The van der Waals surface area contributed by atoms with Crippen molar-refractivity contribution < 1.29 is 19.1 Å². The smallest absolute Gasteiger partial charge is 0.230 e. The molecule has 26 heavy (non-hydrogen) atoms. The summed E-state index contributed by atoms with van der Waals surface area (Å²) in [6.07, 6.45) is 3.85. The molecule has 1 unspecified atom stereocenters. The van der Waals surface area contributed by atoms with Crippen LogP contribution in [0.2, 0.25) is 0 Å². The Labute approximate surface area is 155 Å². The Morgan fingerprint density at radius 1 is 1.23 bits per heavy atom.